The summed E-state index contributed by atoms with van der Waals surface area (Å²) in [5.41, 5.74) is 5.66. The van der Waals surface area contributed by atoms with E-state index in [2.05, 4.69) is 200 Å². The molecular formula is C34H24Br8. The maximum Gasteiger partial charge on any atom is 0.0189 e. The molecule has 0 radical (unpaired) electrons. The van der Waals surface area contributed by atoms with Gasteiger partial charge in [-0.3, -0.25) is 0 Å². The first-order valence-electron chi connectivity index (χ1n) is 13.7. The average molecular weight is 1070 g/mol. The highest BCUT2D eigenvalue weighted by atomic mass is 79.9. The van der Waals surface area contributed by atoms with Gasteiger partial charge in [-0.1, -0.05) is 127 Å². The summed E-state index contributed by atoms with van der Waals surface area (Å²) in [5.74, 6) is 0. The molecule has 0 heterocycles. The van der Waals surface area contributed by atoms with Crippen LogP contribution in [0, 0.1) is 0 Å². The Balaban J connectivity index is 1.57. The zero-order chi connectivity index (χ0) is 29.7. The van der Waals surface area contributed by atoms with E-state index in [-0.39, 0.29) is 21.7 Å². The zero-order valence-corrected chi connectivity index (χ0v) is 34.9. The maximum atomic E-state index is 3.86. The first-order chi connectivity index (χ1) is 19.8. The Bertz CT molecular complexity index is 1390. The van der Waals surface area contributed by atoms with E-state index in [1.807, 2.05) is 0 Å². The molecule has 4 saturated carbocycles. The summed E-state index contributed by atoms with van der Waals surface area (Å²) in [7, 11) is 0. The highest BCUT2D eigenvalue weighted by Crippen LogP contribution is 2.75. The van der Waals surface area contributed by atoms with E-state index in [4.69, 9.17) is 0 Å². The normalized spacial score (nSPS) is 29.7. The summed E-state index contributed by atoms with van der Waals surface area (Å²) in [6.45, 7) is 0. The lowest BCUT2D eigenvalue weighted by Gasteiger charge is -2.71. The Morgan fingerprint density at radius 1 is 0.262 bits per heavy atom. The van der Waals surface area contributed by atoms with Gasteiger partial charge in [-0.15, -0.1) is 0 Å². The van der Waals surface area contributed by atoms with Crippen LogP contribution in [0.4, 0.5) is 0 Å². The van der Waals surface area contributed by atoms with E-state index in [0.717, 1.165) is 74.3 Å². The van der Waals surface area contributed by atoms with Gasteiger partial charge < -0.3 is 0 Å². The van der Waals surface area contributed by atoms with Crippen molar-refractivity contribution >= 4 is 127 Å². The van der Waals surface area contributed by atoms with Crippen LogP contribution in [0.1, 0.15) is 60.8 Å². The van der Waals surface area contributed by atoms with Crippen molar-refractivity contribution in [1.29, 1.82) is 0 Å². The molecular weight excluding hydrogens is 1050 g/mol. The molecule has 0 nitrogen and oxygen atoms in total. The molecule has 4 aromatic carbocycles. The third-order valence-electron chi connectivity index (χ3n) is 9.96. The quantitative estimate of drug-likeness (QED) is 0.191. The second-order valence-corrected chi connectivity index (χ2v) is 20.1. The minimum Gasteiger partial charge on any atom is -0.0508 e. The van der Waals surface area contributed by atoms with E-state index >= 15 is 0 Å². The van der Waals surface area contributed by atoms with Crippen LogP contribution in [0.3, 0.4) is 0 Å². The smallest absolute Gasteiger partial charge is 0.0189 e. The molecule has 0 aromatic heterocycles. The second kappa shape index (κ2) is 11.2. The van der Waals surface area contributed by atoms with E-state index in [1.165, 1.54) is 22.3 Å². The van der Waals surface area contributed by atoms with Gasteiger partial charge >= 0.3 is 0 Å². The van der Waals surface area contributed by atoms with Crippen LogP contribution in [-0.4, -0.2) is 0 Å². The Kier molecular flexibility index (Phi) is 8.33. The Labute approximate surface area is 314 Å². The lowest BCUT2D eigenvalue weighted by atomic mass is 9.32. The predicted molar refractivity (Wildman–Crippen MR) is 202 cm³/mol. The maximum absolute atomic E-state index is 3.86. The SMILES string of the molecule is Brc1cc(Br)cc(C23CC4(c5cc(Br)cc(Br)c5)CC(c5cc(Br)cc(Br)c5)(C2)CC(c2cc(Br)cc(Br)c2)(C3)C4)c1. The fourth-order valence-corrected chi connectivity index (χ4v) is 14.5. The molecule has 0 atom stereocenters. The van der Waals surface area contributed by atoms with Crippen LogP contribution < -0.4 is 0 Å². The number of rotatable bonds is 4. The molecule has 0 aliphatic heterocycles. The van der Waals surface area contributed by atoms with Crippen molar-refractivity contribution in [2.45, 2.75) is 60.2 Å². The zero-order valence-electron chi connectivity index (χ0n) is 22.2. The lowest BCUT2D eigenvalue weighted by molar-refractivity contribution is -0.0693. The molecule has 0 saturated heterocycles. The highest BCUT2D eigenvalue weighted by molar-refractivity contribution is 9.12. The molecule has 0 amide bonds. The van der Waals surface area contributed by atoms with Crippen molar-refractivity contribution in [2.75, 3.05) is 0 Å². The summed E-state index contributed by atoms with van der Waals surface area (Å²) in [6, 6.07) is 27.7. The van der Waals surface area contributed by atoms with Gasteiger partial charge in [-0.25, -0.2) is 0 Å². The Morgan fingerprint density at radius 3 is 0.548 bits per heavy atom. The average Bonchev–Trinajstić information content (AvgIpc) is 2.86. The summed E-state index contributed by atoms with van der Waals surface area (Å²) in [4.78, 5) is 0. The molecule has 4 fully saturated rings. The monoisotopic (exact) mass is 1060 g/mol. The fraction of sp³-hybridized carbons (Fsp3) is 0.294. The van der Waals surface area contributed by atoms with Crippen molar-refractivity contribution in [1.82, 2.24) is 0 Å². The summed E-state index contributed by atoms with van der Waals surface area (Å²) < 4.78 is 9.00. The van der Waals surface area contributed by atoms with Crippen molar-refractivity contribution in [2.24, 2.45) is 0 Å². The lowest BCUT2D eigenvalue weighted by Crippen LogP contribution is -2.67. The van der Waals surface area contributed by atoms with E-state index in [0.29, 0.717) is 0 Å². The fourth-order valence-electron chi connectivity index (χ4n) is 9.30. The molecule has 42 heavy (non-hydrogen) atoms. The van der Waals surface area contributed by atoms with Crippen LogP contribution in [0.25, 0.3) is 0 Å². The molecule has 4 aliphatic carbocycles. The number of halogens is 8. The predicted octanol–water partition coefficient (Wildman–Crippen LogP) is 14.2. The molecule has 0 spiro atoms. The van der Waals surface area contributed by atoms with Crippen molar-refractivity contribution in [3.8, 4) is 0 Å². The van der Waals surface area contributed by atoms with Crippen molar-refractivity contribution in [3.63, 3.8) is 0 Å². The topological polar surface area (TPSA) is 0 Å². The van der Waals surface area contributed by atoms with Crippen LogP contribution in [0.15, 0.2) is 109 Å². The highest BCUT2D eigenvalue weighted by Gasteiger charge is 2.69. The van der Waals surface area contributed by atoms with Gasteiger partial charge in [0, 0.05) is 35.8 Å². The first-order valence-corrected chi connectivity index (χ1v) is 20.0. The Hall–Kier alpha value is 0.720. The summed E-state index contributed by atoms with van der Waals surface area (Å²) in [6.07, 6.45) is 6.75. The molecule has 4 aromatic rings. The number of benzene rings is 4. The Morgan fingerprint density at radius 2 is 0.405 bits per heavy atom. The van der Waals surface area contributed by atoms with Gasteiger partial charge in [0.1, 0.15) is 0 Å². The van der Waals surface area contributed by atoms with Crippen molar-refractivity contribution in [3.05, 3.63) is 131 Å². The van der Waals surface area contributed by atoms with Gasteiger partial charge in [0.15, 0.2) is 0 Å². The molecule has 8 rings (SSSR count). The summed E-state index contributed by atoms with van der Waals surface area (Å²) >= 11 is 30.9. The van der Waals surface area contributed by atoms with Gasteiger partial charge in [-0.05, 0) is 155 Å². The van der Waals surface area contributed by atoms with E-state index in [1.54, 1.807) is 0 Å². The third kappa shape index (κ3) is 5.44. The van der Waals surface area contributed by atoms with Crippen molar-refractivity contribution < 1.29 is 0 Å². The van der Waals surface area contributed by atoms with Gasteiger partial charge in [0.05, 0.1) is 0 Å². The molecule has 4 bridgehead atoms. The van der Waals surface area contributed by atoms with E-state index < -0.39 is 0 Å². The molecule has 216 valence electrons. The van der Waals surface area contributed by atoms with Gasteiger partial charge in [-0.2, -0.15) is 0 Å². The molecule has 0 unspecified atom stereocenters. The van der Waals surface area contributed by atoms with Crippen LogP contribution in [-0.2, 0) is 21.7 Å². The molecule has 0 N–H and O–H groups in total. The van der Waals surface area contributed by atoms with Gasteiger partial charge in [0.2, 0.25) is 0 Å². The number of hydrogen-bond donors (Lipinski definition) is 0. The third-order valence-corrected chi connectivity index (χ3v) is 13.6. The van der Waals surface area contributed by atoms with Crippen LogP contribution >= 0.6 is 127 Å². The largest absolute Gasteiger partial charge is 0.0508 e. The second-order valence-electron chi connectivity index (χ2n) is 12.8. The van der Waals surface area contributed by atoms with Crippen LogP contribution in [0.2, 0.25) is 0 Å². The van der Waals surface area contributed by atoms with Crippen LogP contribution in [0.5, 0.6) is 0 Å². The summed E-state index contributed by atoms with van der Waals surface area (Å²) in [5, 5.41) is 0. The number of hydrogen-bond acceptors (Lipinski definition) is 0. The molecule has 8 heteroatoms. The standard InChI is InChI=1S/C34H24Br8/c35-23-1-19(2-24(36)9-23)31-13-32(20-3-25(37)10-26(38)4-20)16-33(14-31,21-5-27(39)11-28(40)6-21)18-34(15-31,17-32)22-7-29(41)12-30(42)8-22/h1-12H,13-18H2. The van der Waals surface area contributed by atoms with E-state index in [9.17, 15) is 0 Å². The minimum atomic E-state index is -0.0145. The molecule has 4 aliphatic rings. The minimum absolute atomic E-state index is 0.0145. The first kappa shape index (κ1) is 31.3. The van der Waals surface area contributed by atoms with Gasteiger partial charge in [0.25, 0.3) is 0 Å².